The second-order valence-electron chi connectivity index (χ2n) is 12.0. The standard InChI is InChI=1S/C31H40FN9/c1-5-39-12-8-31(9-13-39)10-14-40(15-11-31)20-23-6-7-27(33-17-23)37-30-35-19-25(32)28(38-30)24-16-26-29(34-18-24)36-22(4)41(26)21(2)3/h6-7,16-19,21H,5,8-15,20H2,1-4H3,(H,33,35,37,38). The maximum atomic E-state index is 14.9. The van der Waals surface area contributed by atoms with Crippen molar-refractivity contribution in [2.75, 3.05) is 38.0 Å². The van der Waals surface area contributed by atoms with E-state index in [4.69, 9.17) is 0 Å². The van der Waals surface area contributed by atoms with E-state index >= 15 is 0 Å². The molecule has 1 spiro atoms. The van der Waals surface area contributed by atoms with Crippen LogP contribution in [-0.4, -0.2) is 72.0 Å². The Morgan fingerprint density at radius 3 is 2.32 bits per heavy atom. The van der Waals surface area contributed by atoms with E-state index in [9.17, 15) is 4.39 Å². The molecule has 216 valence electrons. The third-order valence-electron chi connectivity index (χ3n) is 9.01. The Morgan fingerprint density at radius 2 is 1.66 bits per heavy atom. The van der Waals surface area contributed by atoms with Crippen LogP contribution in [0.2, 0.25) is 0 Å². The quantitative estimate of drug-likeness (QED) is 0.307. The van der Waals surface area contributed by atoms with E-state index in [2.05, 4.69) is 71.4 Å². The summed E-state index contributed by atoms with van der Waals surface area (Å²) in [6.07, 6.45) is 9.98. The van der Waals surface area contributed by atoms with Crippen LogP contribution in [-0.2, 0) is 6.54 Å². The van der Waals surface area contributed by atoms with Crippen molar-refractivity contribution in [3.8, 4) is 11.3 Å². The third kappa shape index (κ3) is 5.81. The fourth-order valence-corrected chi connectivity index (χ4v) is 6.50. The number of piperidine rings is 2. The van der Waals surface area contributed by atoms with Gasteiger partial charge in [-0.2, -0.15) is 0 Å². The van der Waals surface area contributed by atoms with Gasteiger partial charge in [0.15, 0.2) is 11.5 Å². The zero-order chi connectivity index (χ0) is 28.6. The molecule has 2 aliphatic heterocycles. The Hall–Kier alpha value is -3.50. The molecule has 0 atom stereocenters. The molecule has 0 aromatic carbocycles. The molecule has 4 aromatic heterocycles. The summed E-state index contributed by atoms with van der Waals surface area (Å²) in [5.41, 5.74) is 3.99. The van der Waals surface area contributed by atoms with E-state index in [0.717, 1.165) is 31.0 Å². The van der Waals surface area contributed by atoms with Gasteiger partial charge >= 0.3 is 0 Å². The first-order valence-corrected chi connectivity index (χ1v) is 14.9. The van der Waals surface area contributed by atoms with Crippen LogP contribution in [0.4, 0.5) is 16.2 Å². The van der Waals surface area contributed by atoms with Crippen LogP contribution in [0.3, 0.4) is 0 Å². The predicted octanol–water partition coefficient (Wildman–Crippen LogP) is 5.75. The number of halogens is 1. The van der Waals surface area contributed by atoms with Gasteiger partial charge < -0.3 is 14.8 Å². The normalized spacial score (nSPS) is 18.0. The fraction of sp³-hybridized carbons (Fsp3) is 0.516. The summed E-state index contributed by atoms with van der Waals surface area (Å²) in [5.74, 6) is 1.27. The summed E-state index contributed by atoms with van der Waals surface area (Å²) in [5, 5.41) is 3.13. The Balaban J connectivity index is 1.10. The molecule has 10 heteroatoms. The monoisotopic (exact) mass is 557 g/mol. The number of nitrogens with one attached hydrogen (secondary N) is 1. The molecule has 6 heterocycles. The number of nitrogens with zero attached hydrogens (tertiary/aromatic N) is 8. The van der Waals surface area contributed by atoms with Crippen molar-refractivity contribution in [1.82, 2.24) is 39.3 Å². The molecular formula is C31H40FN9. The predicted molar refractivity (Wildman–Crippen MR) is 159 cm³/mol. The number of pyridine rings is 2. The first-order chi connectivity index (χ1) is 19.8. The number of anilines is 2. The lowest BCUT2D eigenvalue weighted by Gasteiger charge is -2.46. The van der Waals surface area contributed by atoms with E-state index in [1.54, 1.807) is 6.20 Å². The SMILES string of the molecule is CCN1CCC2(CC1)CCN(Cc1ccc(Nc3ncc(F)c(-c4cnc5nc(C)n(C(C)C)c5c4)n3)nc1)CC2. The molecule has 2 aliphatic rings. The maximum Gasteiger partial charge on any atom is 0.229 e. The maximum absolute atomic E-state index is 14.9. The first kappa shape index (κ1) is 27.7. The Labute approximate surface area is 241 Å². The molecule has 0 unspecified atom stereocenters. The van der Waals surface area contributed by atoms with E-state index in [-0.39, 0.29) is 17.7 Å². The molecule has 2 fully saturated rings. The second kappa shape index (κ2) is 11.4. The van der Waals surface area contributed by atoms with Crippen molar-refractivity contribution in [3.63, 3.8) is 0 Å². The summed E-state index contributed by atoms with van der Waals surface area (Å²) in [6.45, 7) is 15.3. The summed E-state index contributed by atoms with van der Waals surface area (Å²) >= 11 is 0. The van der Waals surface area contributed by atoms with Crippen LogP contribution in [0.1, 0.15) is 63.9 Å². The van der Waals surface area contributed by atoms with Crippen molar-refractivity contribution >= 4 is 22.9 Å². The lowest BCUT2D eigenvalue weighted by molar-refractivity contribution is 0.0340. The van der Waals surface area contributed by atoms with E-state index in [0.29, 0.717) is 22.4 Å². The number of hydrogen-bond donors (Lipinski definition) is 1. The van der Waals surface area contributed by atoms with Gasteiger partial charge in [-0.05, 0) is 102 Å². The number of aryl methyl sites for hydroxylation is 1. The number of hydrogen-bond acceptors (Lipinski definition) is 8. The number of rotatable bonds is 7. The number of aromatic nitrogens is 6. The molecule has 1 N–H and O–H groups in total. The van der Waals surface area contributed by atoms with Crippen LogP contribution in [0.5, 0.6) is 0 Å². The highest BCUT2D eigenvalue weighted by atomic mass is 19.1. The van der Waals surface area contributed by atoms with E-state index in [1.807, 2.05) is 25.3 Å². The summed E-state index contributed by atoms with van der Waals surface area (Å²) < 4.78 is 16.9. The number of likely N-dealkylation sites (tertiary alicyclic amines) is 2. The molecule has 2 saturated heterocycles. The smallest absolute Gasteiger partial charge is 0.229 e. The van der Waals surface area contributed by atoms with Gasteiger partial charge in [0.05, 0.1) is 11.7 Å². The average Bonchev–Trinajstić information content (AvgIpc) is 3.32. The lowest BCUT2D eigenvalue weighted by atomic mass is 9.71. The summed E-state index contributed by atoms with van der Waals surface area (Å²) in [4.78, 5) is 27.4. The van der Waals surface area contributed by atoms with Crippen molar-refractivity contribution in [2.24, 2.45) is 5.41 Å². The van der Waals surface area contributed by atoms with Gasteiger partial charge in [-0.25, -0.2) is 29.3 Å². The van der Waals surface area contributed by atoms with Crippen molar-refractivity contribution in [3.05, 3.63) is 54.0 Å². The zero-order valence-corrected chi connectivity index (χ0v) is 24.6. The van der Waals surface area contributed by atoms with Gasteiger partial charge in [0, 0.05) is 30.5 Å². The van der Waals surface area contributed by atoms with Gasteiger partial charge in [0.25, 0.3) is 0 Å². The molecule has 4 aromatic rings. The molecule has 0 radical (unpaired) electrons. The zero-order valence-electron chi connectivity index (χ0n) is 24.6. The van der Waals surface area contributed by atoms with Crippen LogP contribution < -0.4 is 5.32 Å². The third-order valence-corrected chi connectivity index (χ3v) is 9.01. The molecular weight excluding hydrogens is 517 g/mol. The topological polar surface area (TPSA) is 87.9 Å². The van der Waals surface area contributed by atoms with Crippen LogP contribution in [0, 0.1) is 18.2 Å². The van der Waals surface area contributed by atoms with E-state index in [1.165, 1.54) is 57.1 Å². The molecule has 9 nitrogen and oxygen atoms in total. The molecule has 0 saturated carbocycles. The lowest BCUT2D eigenvalue weighted by Crippen LogP contribution is -2.46. The van der Waals surface area contributed by atoms with Gasteiger partial charge in [0.1, 0.15) is 17.3 Å². The number of fused-ring (bicyclic) bond motifs is 1. The highest BCUT2D eigenvalue weighted by Gasteiger charge is 2.37. The highest BCUT2D eigenvalue weighted by Crippen LogP contribution is 2.41. The second-order valence-corrected chi connectivity index (χ2v) is 12.0. The molecule has 0 amide bonds. The van der Waals surface area contributed by atoms with Gasteiger partial charge in [-0.1, -0.05) is 13.0 Å². The molecule has 6 rings (SSSR count). The number of imidazole rings is 1. The first-order valence-electron chi connectivity index (χ1n) is 14.9. The van der Waals surface area contributed by atoms with Crippen LogP contribution in [0.15, 0.2) is 36.8 Å². The van der Waals surface area contributed by atoms with Crippen LogP contribution >= 0.6 is 0 Å². The minimum Gasteiger partial charge on any atom is -0.324 e. The van der Waals surface area contributed by atoms with Gasteiger partial charge in [0.2, 0.25) is 5.95 Å². The minimum absolute atomic E-state index is 0.186. The summed E-state index contributed by atoms with van der Waals surface area (Å²) in [6, 6.07) is 6.12. The molecule has 41 heavy (non-hydrogen) atoms. The Kier molecular flexibility index (Phi) is 7.70. The Morgan fingerprint density at radius 1 is 0.927 bits per heavy atom. The minimum atomic E-state index is -0.508. The van der Waals surface area contributed by atoms with E-state index < -0.39 is 5.82 Å². The molecule has 0 bridgehead atoms. The van der Waals surface area contributed by atoms with Crippen LogP contribution in [0.25, 0.3) is 22.4 Å². The van der Waals surface area contributed by atoms with Gasteiger partial charge in [-0.15, -0.1) is 0 Å². The van der Waals surface area contributed by atoms with Gasteiger partial charge in [-0.3, -0.25) is 4.90 Å². The van der Waals surface area contributed by atoms with Crippen molar-refractivity contribution < 1.29 is 4.39 Å². The fourth-order valence-electron chi connectivity index (χ4n) is 6.50. The summed E-state index contributed by atoms with van der Waals surface area (Å²) in [7, 11) is 0. The average molecular weight is 558 g/mol. The largest absolute Gasteiger partial charge is 0.324 e. The van der Waals surface area contributed by atoms with Crippen molar-refractivity contribution in [1.29, 1.82) is 0 Å². The Bertz CT molecular complexity index is 1500. The highest BCUT2D eigenvalue weighted by molar-refractivity contribution is 5.78. The van der Waals surface area contributed by atoms with Crippen molar-refractivity contribution in [2.45, 2.75) is 66.0 Å². The molecule has 0 aliphatic carbocycles.